The number of carbonyl (C=O) groups is 2. The monoisotopic (exact) mass is 234 g/mol. The van der Waals surface area contributed by atoms with Gasteiger partial charge in [0, 0.05) is 6.08 Å². The third-order valence-electron chi connectivity index (χ3n) is 1.82. The van der Waals surface area contributed by atoms with E-state index >= 15 is 0 Å². The summed E-state index contributed by atoms with van der Waals surface area (Å²) in [5.74, 6) is -0.957. The van der Waals surface area contributed by atoms with Crippen molar-refractivity contribution >= 4 is 12.3 Å². The van der Waals surface area contributed by atoms with E-state index in [0.717, 1.165) is 6.08 Å². The van der Waals surface area contributed by atoms with Gasteiger partial charge in [-0.15, -0.1) is 0 Å². The molecule has 0 radical (unpaired) electrons. The molecule has 0 rings (SSSR count). The number of ether oxygens (including phenoxy) is 1. The molecule has 4 atom stereocenters. The van der Waals surface area contributed by atoms with E-state index in [4.69, 9.17) is 10.2 Å². The maximum atomic E-state index is 10.7. The summed E-state index contributed by atoms with van der Waals surface area (Å²) in [6, 6.07) is 0. The van der Waals surface area contributed by atoms with Gasteiger partial charge in [0.1, 0.15) is 18.3 Å². The van der Waals surface area contributed by atoms with Gasteiger partial charge in [-0.2, -0.15) is 0 Å². The average Bonchev–Trinajstić information content (AvgIpc) is 2.32. The van der Waals surface area contributed by atoms with Crippen molar-refractivity contribution < 1.29 is 34.8 Å². The lowest BCUT2D eigenvalue weighted by molar-refractivity contribution is -0.163. The second kappa shape index (κ2) is 7.07. The molecule has 16 heavy (non-hydrogen) atoms. The highest BCUT2D eigenvalue weighted by Gasteiger charge is 2.33. The molecule has 0 saturated heterocycles. The second-order valence-electron chi connectivity index (χ2n) is 2.97. The van der Waals surface area contributed by atoms with Crippen LogP contribution in [0.4, 0.5) is 0 Å². The van der Waals surface area contributed by atoms with Gasteiger partial charge < -0.3 is 25.2 Å². The third-order valence-corrected chi connectivity index (χ3v) is 1.82. The molecule has 0 amide bonds. The van der Waals surface area contributed by atoms with Crippen molar-refractivity contribution in [2.75, 3.05) is 6.61 Å². The van der Waals surface area contributed by atoms with Gasteiger partial charge in [0.15, 0.2) is 12.4 Å². The van der Waals surface area contributed by atoms with E-state index in [0.29, 0.717) is 0 Å². The highest BCUT2D eigenvalue weighted by atomic mass is 16.6. The van der Waals surface area contributed by atoms with E-state index in [1.165, 1.54) is 0 Å². The van der Waals surface area contributed by atoms with Crippen LogP contribution in [0.2, 0.25) is 0 Å². The minimum Gasteiger partial charge on any atom is -0.449 e. The lowest BCUT2D eigenvalue weighted by atomic mass is 10.0. The second-order valence-corrected chi connectivity index (χ2v) is 2.97. The molecule has 0 aromatic carbocycles. The SMILES string of the molecule is C=CC(=O)O[C@H](C=O)[C@@H](O)[C@@H](O)[C@H](O)CO. The molecule has 0 fully saturated rings. The number of carbonyl (C=O) groups excluding carboxylic acids is 2. The van der Waals surface area contributed by atoms with Gasteiger partial charge in [0.2, 0.25) is 0 Å². The van der Waals surface area contributed by atoms with E-state index < -0.39 is 37.0 Å². The number of aliphatic hydroxyl groups excluding tert-OH is 4. The Kier molecular flexibility index (Phi) is 6.50. The summed E-state index contributed by atoms with van der Waals surface area (Å²) < 4.78 is 4.40. The van der Waals surface area contributed by atoms with Gasteiger partial charge in [-0.25, -0.2) is 4.79 Å². The molecule has 0 heterocycles. The summed E-state index contributed by atoms with van der Waals surface area (Å²) in [6.45, 7) is 2.27. The molecule has 7 heteroatoms. The normalized spacial score (nSPS) is 18.0. The number of hydrogen-bond acceptors (Lipinski definition) is 7. The van der Waals surface area contributed by atoms with Crippen molar-refractivity contribution in [2.45, 2.75) is 24.4 Å². The molecular weight excluding hydrogens is 220 g/mol. The Morgan fingerprint density at radius 1 is 1.31 bits per heavy atom. The van der Waals surface area contributed by atoms with Crippen LogP contribution in [-0.2, 0) is 14.3 Å². The maximum Gasteiger partial charge on any atom is 0.330 e. The van der Waals surface area contributed by atoms with Crippen LogP contribution in [0.3, 0.4) is 0 Å². The van der Waals surface area contributed by atoms with Crippen LogP contribution in [0.15, 0.2) is 12.7 Å². The molecule has 0 unspecified atom stereocenters. The van der Waals surface area contributed by atoms with Gasteiger partial charge in [-0.05, 0) is 0 Å². The van der Waals surface area contributed by atoms with Gasteiger partial charge >= 0.3 is 5.97 Å². The summed E-state index contributed by atoms with van der Waals surface area (Å²) in [5, 5.41) is 36.1. The van der Waals surface area contributed by atoms with E-state index in [9.17, 15) is 19.8 Å². The average molecular weight is 234 g/mol. The molecule has 0 saturated carbocycles. The largest absolute Gasteiger partial charge is 0.449 e. The van der Waals surface area contributed by atoms with Crippen molar-refractivity contribution in [1.82, 2.24) is 0 Å². The van der Waals surface area contributed by atoms with E-state index in [1.54, 1.807) is 0 Å². The van der Waals surface area contributed by atoms with Gasteiger partial charge in [0.25, 0.3) is 0 Å². The quantitative estimate of drug-likeness (QED) is 0.215. The molecule has 7 nitrogen and oxygen atoms in total. The van der Waals surface area contributed by atoms with Gasteiger partial charge in [-0.1, -0.05) is 6.58 Å². The Morgan fingerprint density at radius 3 is 2.25 bits per heavy atom. The molecule has 0 aliphatic heterocycles. The Balaban J connectivity index is 4.51. The van der Waals surface area contributed by atoms with E-state index in [2.05, 4.69) is 11.3 Å². The molecule has 0 aliphatic carbocycles. The van der Waals surface area contributed by atoms with Crippen molar-refractivity contribution in [1.29, 1.82) is 0 Å². The highest BCUT2D eigenvalue weighted by Crippen LogP contribution is 2.07. The first-order valence-electron chi connectivity index (χ1n) is 4.41. The molecule has 0 aromatic heterocycles. The smallest absolute Gasteiger partial charge is 0.330 e. The minimum absolute atomic E-state index is 0.0966. The van der Waals surface area contributed by atoms with Crippen LogP contribution in [0.1, 0.15) is 0 Å². The fraction of sp³-hybridized carbons (Fsp3) is 0.556. The molecular formula is C9H14O7. The fourth-order valence-corrected chi connectivity index (χ4v) is 0.890. The van der Waals surface area contributed by atoms with Crippen molar-refractivity contribution in [3.8, 4) is 0 Å². The number of esters is 1. The molecule has 4 N–H and O–H groups in total. The molecule has 0 spiro atoms. The zero-order chi connectivity index (χ0) is 12.7. The molecule has 92 valence electrons. The summed E-state index contributed by atoms with van der Waals surface area (Å²) >= 11 is 0. The standard InChI is InChI=1S/C9H14O7/c1-2-7(13)16-6(4-11)9(15)8(14)5(12)3-10/h2,4-6,8-10,12,14-15H,1,3H2/t5-,6-,8+,9-/m1/s1. The van der Waals surface area contributed by atoms with Crippen LogP contribution < -0.4 is 0 Å². The van der Waals surface area contributed by atoms with Crippen LogP contribution in [0.25, 0.3) is 0 Å². The Bertz CT molecular complexity index is 252. The summed E-state index contributed by atoms with van der Waals surface area (Å²) in [4.78, 5) is 21.2. The van der Waals surface area contributed by atoms with Crippen LogP contribution in [0.5, 0.6) is 0 Å². The minimum atomic E-state index is -1.83. The Morgan fingerprint density at radius 2 is 1.88 bits per heavy atom. The van der Waals surface area contributed by atoms with E-state index in [1.807, 2.05) is 0 Å². The highest BCUT2D eigenvalue weighted by molar-refractivity contribution is 5.82. The van der Waals surface area contributed by atoms with Crippen molar-refractivity contribution in [3.05, 3.63) is 12.7 Å². The zero-order valence-electron chi connectivity index (χ0n) is 8.39. The lowest BCUT2D eigenvalue weighted by Crippen LogP contribution is -2.47. The topological polar surface area (TPSA) is 124 Å². The number of rotatable bonds is 7. The number of hydrogen-bond donors (Lipinski definition) is 4. The predicted molar refractivity (Wildman–Crippen MR) is 51.2 cm³/mol. The molecule has 0 aliphatic rings. The fourth-order valence-electron chi connectivity index (χ4n) is 0.890. The summed E-state index contributed by atoms with van der Waals surface area (Å²) in [7, 11) is 0. The Hall–Kier alpha value is -1.28. The van der Waals surface area contributed by atoms with Crippen LogP contribution in [0, 0.1) is 0 Å². The maximum absolute atomic E-state index is 10.7. The van der Waals surface area contributed by atoms with Crippen molar-refractivity contribution in [3.63, 3.8) is 0 Å². The molecule has 0 aromatic rings. The zero-order valence-corrected chi connectivity index (χ0v) is 8.39. The van der Waals surface area contributed by atoms with Gasteiger partial charge in [-0.3, -0.25) is 4.79 Å². The number of aliphatic hydroxyl groups is 4. The third kappa shape index (κ3) is 4.07. The first kappa shape index (κ1) is 14.7. The predicted octanol–water partition coefficient (Wildman–Crippen LogP) is -2.64. The van der Waals surface area contributed by atoms with Crippen LogP contribution >= 0.6 is 0 Å². The first-order chi connectivity index (χ1) is 7.47. The molecule has 0 bridgehead atoms. The van der Waals surface area contributed by atoms with E-state index in [-0.39, 0.29) is 6.29 Å². The summed E-state index contributed by atoms with van der Waals surface area (Å²) in [5.41, 5.74) is 0. The first-order valence-corrected chi connectivity index (χ1v) is 4.41. The summed E-state index contributed by atoms with van der Waals surface area (Å²) in [6.07, 6.45) is -6.04. The Labute approximate surface area is 91.6 Å². The lowest BCUT2D eigenvalue weighted by Gasteiger charge is -2.25. The van der Waals surface area contributed by atoms with Crippen LogP contribution in [-0.4, -0.2) is 63.7 Å². The van der Waals surface area contributed by atoms with Gasteiger partial charge in [0.05, 0.1) is 6.61 Å². The number of aldehydes is 1. The van der Waals surface area contributed by atoms with Crippen molar-refractivity contribution in [2.24, 2.45) is 0 Å².